The van der Waals surface area contributed by atoms with E-state index in [1.165, 1.54) is 19.3 Å². The lowest BCUT2D eigenvalue weighted by Crippen LogP contribution is -2.51. The smallest absolute Gasteiger partial charge is 0.239 e. The van der Waals surface area contributed by atoms with Crippen molar-refractivity contribution in [1.82, 2.24) is 9.80 Å². The number of benzene rings is 1. The summed E-state index contributed by atoms with van der Waals surface area (Å²) in [4.78, 5) is 29.5. The van der Waals surface area contributed by atoms with Crippen molar-refractivity contribution in [3.63, 3.8) is 0 Å². The van der Waals surface area contributed by atoms with Crippen molar-refractivity contribution in [1.29, 1.82) is 0 Å². The highest BCUT2D eigenvalue weighted by Crippen LogP contribution is 2.22. The van der Waals surface area contributed by atoms with Crippen molar-refractivity contribution < 1.29 is 9.59 Å². The Labute approximate surface area is 164 Å². The Morgan fingerprint density at radius 3 is 2.48 bits per heavy atom. The molecule has 1 N–H and O–H groups in total. The van der Waals surface area contributed by atoms with Crippen molar-refractivity contribution >= 4 is 17.5 Å². The van der Waals surface area contributed by atoms with Crippen LogP contribution in [0.2, 0.25) is 0 Å². The quantitative estimate of drug-likeness (QED) is 0.753. The fourth-order valence-electron chi connectivity index (χ4n) is 3.88. The summed E-state index contributed by atoms with van der Waals surface area (Å²) in [5, 5.41) is 2.98. The number of nitrogens with one attached hydrogen (secondary N) is 1. The molecule has 150 valence electrons. The number of nitrogens with zero attached hydrogens (tertiary/aromatic N) is 2. The minimum absolute atomic E-state index is 0.0716. The van der Waals surface area contributed by atoms with Crippen molar-refractivity contribution in [3.8, 4) is 0 Å². The van der Waals surface area contributed by atoms with Crippen LogP contribution < -0.4 is 5.32 Å². The summed E-state index contributed by atoms with van der Waals surface area (Å²) in [5.41, 5.74) is 1.87. The maximum atomic E-state index is 13.0. The molecule has 1 unspecified atom stereocenters. The summed E-state index contributed by atoms with van der Waals surface area (Å²) in [5.74, 6) is 0.0526. The number of hydrogen-bond acceptors (Lipinski definition) is 3. The van der Waals surface area contributed by atoms with Gasteiger partial charge in [0, 0.05) is 18.8 Å². The monoisotopic (exact) mass is 373 g/mol. The van der Waals surface area contributed by atoms with Gasteiger partial charge in [0.1, 0.15) is 0 Å². The Balaban J connectivity index is 1.98. The van der Waals surface area contributed by atoms with E-state index >= 15 is 0 Å². The third kappa shape index (κ3) is 6.06. The van der Waals surface area contributed by atoms with Gasteiger partial charge in [-0.25, -0.2) is 0 Å². The van der Waals surface area contributed by atoms with E-state index in [1.807, 2.05) is 55.0 Å². The Morgan fingerprint density at radius 2 is 1.85 bits per heavy atom. The number of rotatable bonds is 8. The van der Waals surface area contributed by atoms with Crippen molar-refractivity contribution in [2.24, 2.45) is 0 Å². The van der Waals surface area contributed by atoms with E-state index in [0.717, 1.165) is 37.1 Å². The molecule has 0 aliphatic heterocycles. The average molecular weight is 374 g/mol. The van der Waals surface area contributed by atoms with Gasteiger partial charge in [-0.2, -0.15) is 0 Å². The van der Waals surface area contributed by atoms with Crippen LogP contribution in [0.25, 0.3) is 0 Å². The summed E-state index contributed by atoms with van der Waals surface area (Å²) in [7, 11) is 1.92. The maximum Gasteiger partial charge on any atom is 0.239 e. The number of anilines is 1. The van der Waals surface area contributed by atoms with Gasteiger partial charge in [0.2, 0.25) is 11.8 Å². The number of aryl methyl sites for hydroxylation is 1. The Kier molecular flexibility index (Phi) is 8.29. The normalized spacial score (nSPS) is 16.2. The number of para-hydroxylation sites is 1. The second-order valence-corrected chi connectivity index (χ2v) is 7.75. The van der Waals surface area contributed by atoms with Gasteiger partial charge >= 0.3 is 0 Å². The molecular formula is C22H35N3O2. The van der Waals surface area contributed by atoms with Gasteiger partial charge in [-0.15, -0.1) is 0 Å². The molecule has 27 heavy (non-hydrogen) atoms. The molecule has 5 heteroatoms. The molecule has 0 bridgehead atoms. The number of hydrogen-bond donors (Lipinski definition) is 1. The van der Waals surface area contributed by atoms with E-state index in [0.29, 0.717) is 6.04 Å². The van der Waals surface area contributed by atoms with Crippen LogP contribution >= 0.6 is 0 Å². The molecule has 1 fully saturated rings. The average Bonchev–Trinajstić information content (AvgIpc) is 2.68. The number of carbonyl (C=O) groups is 2. The molecule has 0 radical (unpaired) electrons. The van der Waals surface area contributed by atoms with E-state index in [1.54, 1.807) is 0 Å². The molecule has 0 spiro atoms. The predicted octanol–water partition coefficient (Wildman–Crippen LogP) is 3.83. The van der Waals surface area contributed by atoms with Crippen LogP contribution in [0, 0.1) is 6.92 Å². The van der Waals surface area contributed by atoms with E-state index in [-0.39, 0.29) is 24.4 Å². The number of carbonyl (C=O) groups excluding carboxylic acids is 2. The standard InChI is InChI=1S/C22H35N3O2/c1-5-15-25(16-21(26)23-20-14-10-9-11-17(20)2)18(3)22(27)24(4)19-12-7-6-8-13-19/h9-11,14,18-19H,5-8,12-13,15-16H2,1-4H3,(H,23,26). The van der Waals surface area contributed by atoms with Gasteiger partial charge in [0.25, 0.3) is 0 Å². The minimum Gasteiger partial charge on any atom is -0.341 e. The van der Waals surface area contributed by atoms with E-state index in [2.05, 4.69) is 12.2 Å². The number of likely N-dealkylation sites (N-methyl/N-ethyl adjacent to an activating group) is 1. The second kappa shape index (κ2) is 10.5. The first-order valence-electron chi connectivity index (χ1n) is 10.3. The largest absolute Gasteiger partial charge is 0.341 e. The van der Waals surface area contributed by atoms with Crippen LogP contribution in [-0.2, 0) is 9.59 Å². The topological polar surface area (TPSA) is 52.7 Å². The Hall–Kier alpha value is -1.88. The Bertz CT molecular complexity index is 626. The molecule has 1 aliphatic carbocycles. The van der Waals surface area contributed by atoms with Gasteiger partial charge in [-0.05, 0) is 51.3 Å². The molecule has 0 aromatic heterocycles. The van der Waals surface area contributed by atoms with Crippen LogP contribution in [-0.4, -0.2) is 53.8 Å². The maximum absolute atomic E-state index is 13.0. The van der Waals surface area contributed by atoms with E-state index in [4.69, 9.17) is 0 Å². The van der Waals surface area contributed by atoms with Crippen LogP contribution in [0.15, 0.2) is 24.3 Å². The van der Waals surface area contributed by atoms with Crippen LogP contribution in [0.4, 0.5) is 5.69 Å². The molecule has 2 rings (SSSR count). The molecule has 1 aliphatic rings. The lowest BCUT2D eigenvalue weighted by Gasteiger charge is -2.36. The fourth-order valence-corrected chi connectivity index (χ4v) is 3.88. The summed E-state index contributed by atoms with van der Waals surface area (Å²) in [6.45, 7) is 6.94. The lowest BCUT2D eigenvalue weighted by molar-refractivity contribution is -0.138. The Morgan fingerprint density at radius 1 is 1.19 bits per heavy atom. The molecule has 1 aromatic carbocycles. The zero-order valence-electron chi connectivity index (χ0n) is 17.3. The molecular weight excluding hydrogens is 338 g/mol. The zero-order valence-corrected chi connectivity index (χ0v) is 17.3. The molecule has 1 atom stereocenters. The van der Waals surface area contributed by atoms with E-state index in [9.17, 15) is 9.59 Å². The summed E-state index contributed by atoms with van der Waals surface area (Å²) >= 11 is 0. The highest BCUT2D eigenvalue weighted by Gasteiger charge is 2.29. The van der Waals surface area contributed by atoms with Gasteiger partial charge in [-0.1, -0.05) is 44.4 Å². The SMILES string of the molecule is CCCN(CC(=O)Nc1ccccc1C)C(C)C(=O)N(C)C1CCCCC1. The van der Waals surface area contributed by atoms with Gasteiger partial charge in [-0.3, -0.25) is 14.5 Å². The van der Waals surface area contributed by atoms with Crippen LogP contribution in [0.5, 0.6) is 0 Å². The first-order valence-corrected chi connectivity index (χ1v) is 10.3. The first kappa shape index (κ1) is 21.4. The summed E-state index contributed by atoms with van der Waals surface area (Å²) in [6, 6.07) is 7.80. The van der Waals surface area contributed by atoms with Crippen LogP contribution in [0.1, 0.15) is 57.9 Å². The van der Waals surface area contributed by atoms with Crippen LogP contribution in [0.3, 0.4) is 0 Å². The molecule has 5 nitrogen and oxygen atoms in total. The highest BCUT2D eigenvalue weighted by atomic mass is 16.2. The predicted molar refractivity (Wildman–Crippen MR) is 111 cm³/mol. The van der Waals surface area contributed by atoms with Crippen molar-refractivity contribution in [2.75, 3.05) is 25.5 Å². The fraction of sp³-hybridized carbons (Fsp3) is 0.636. The third-order valence-electron chi connectivity index (χ3n) is 5.65. The molecule has 1 saturated carbocycles. The van der Waals surface area contributed by atoms with E-state index < -0.39 is 0 Å². The van der Waals surface area contributed by atoms with Gasteiger partial charge in [0.15, 0.2) is 0 Å². The highest BCUT2D eigenvalue weighted by molar-refractivity contribution is 5.93. The number of amides is 2. The molecule has 0 heterocycles. The lowest BCUT2D eigenvalue weighted by atomic mass is 9.94. The molecule has 2 amide bonds. The molecule has 0 saturated heterocycles. The zero-order chi connectivity index (χ0) is 19.8. The van der Waals surface area contributed by atoms with Gasteiger partial charge in [0.05, 0.1) is 12.6 Å². The second-order valence-electron chi connectivity index (χ2n) is 7.75. The summed E-state index contributed by atoms with van der Waals surface area (Å²) in [6.07, 6.45) is 6.77. The summed E-state index contributed by atoms with van der Waals surface area (Å²) < 4.78 is 0. The van der Waals surface area contributed by atoms with Gasteiger partial charge < -0.3 is 10.2 Å². The van der Waals surface area contributed by atoms with Crippen molar-refractivity contribution in [2.45, 2.75) is 71.4 Å². The first-order chi connectivity index (χ1) is 12.9. The molecule has 1 aromatic rings. The van der Waals surface area contributed by atoms with Crippen molar-refractivity contribution in [3.05, 3.63) is 29.8 Å². The third-order valence-corrected chi connectivity index (χ3v) is 5.65. The minimum atomic E-state index is -0.292.